The zero-order chi connectivity index (χ0) is 20.7. The molecule has 9 heteroatoms. The Morgan fingerprint density at radius 3 is 2.90 bits per heavy atom. The fourth-order valence-corrected chi connectivity index (χ4v) is 3.60. The Balaban J connectivity index is 1.56. The van der Waals surface area contributed by atoms with Gasteiger partial charge in [0.1, 0.15) is 5.60 Å². The van der Waals surface area contributed by atoms with Gasteiger partial charge in [-0.05, 0) is 37.4 Å². The second-order valence-corrected chi connectivity index (χ2v) is 8.03. The number of guanidine groups is 1. The number of aliphatic imine (C=N–C) groups is 1. The summed E-state index contributed by atoms with van der Waals surface area (Å²) in [5.74, 6) is 1.66. The minimum Gasteiger partial charge on any atom is -0.383 e. The summed E-state index contributed by atoms with van der Waals surface area (Å²) >= 11 is 7.53. The van der Waals surface area contributed by atoms with Crippen LogP contribution < -0.4 is 10.6 Å². The minimum absolute atomic E-state index is 0.252. The number of thiophene rings is 1. The van der Waals surface area contributed by atoms with Gasteiger partial charge in [-0.1, -0.05) is 35.0 Å². The molecule has 154 valence electrons. The van der Waals surface area contributed by atoms with Crippen molar-refractivity contribution in [3.05, 3.63) is 57.6 Å². The lowest BCUT2D eigenvalue weighted by Crippen LogP contribution is -2.39. The molecule has 0 saturated heterocycles. The van der Waals surface area contributed by atoms with Crippen molar-refractivity contribution in [1.29, 1.82) is 0 Å². The van der Waals surface area contributed by atoms with Gasteiger partial charge in [0, 0.05) is 35.0 Å². The summed E-state index contributed by atoms with van der Waals surface area (Å²) in [5, 5.41) is 23.6. The van der Waals surface area contributed by atoms with Gasteiger partial charge in [0.25, 0.3) is 0 Å². The Hall–Kier alpha value is -2.42. The molecule has 3 aromatic rings. The standard InChI is InChI=1S/C20H24ClN5O2S/c1-3-22-19(24-13-20(2,27)16-8-5-11-29-16)23-10-9-17-25-18(26-28-17)14-6-4-7-15(21)12-14/h4-8,11-12,27H,3,9-10,13H2,1-2H3,(H2,22,23,24). The highest BCUT2D eigenvalue weighted by Crippen LogP contribution is 2.25. The first-order valence-corrected chi connectivity index (χ1v) is 10.6. The van der Waals surface area contributed by atoms with Crippen molar-refractivity contribution in [2.75, 3.05) is 19.6 Å². The molecule has 0 aliphatic rings. The zero-order valence-electron chi connectivity index (χ0n) is 16.4. The maximum absolute atomic E-state index is 10.6. The fourth-order valence-electron chi connectivity index (χ4n) is 2.63. The van der Waals surface area contributed by atoms with E-state index < -0.39 is 5.60 Å². The van der Waals surface area contributed by atoms with Crippen LogP contribution in [-0.4, -0.2) is 40.8 Å². The molecule has 2 heterocycles. The van der Waals surface area contributed by atoms with Crippen LogP contribution in [-0.2, 0) is 12.0 Å². The summed E-state index contributed by atoms with van der Waals surface area (Å²) < 4.78 is 5.32. The number of rotatable bonds is 8. The Kier molecular flexibility index (Phi) is 7.24. The van der Waals surface area contributed by atoms with Gasteiger partial charge in [-0.3, -0.25) is 0 Å². The third kappa shape index (κ3) is 6.03. The molecule has 2 aromatic heterocycles. The quantitative estimate of drug-likeness (QED) is 0.372. The predicted molar refractivity (Wildman–Crippen MR) is 116 cm³/mol. The van der Waals surface area contributed by atoms with Crippen LogP contribution in [0, 0.1) is 0 Å². The lowest BCUT2D eigenvalue weighted by molar-refractivity contribution is 0.0711. The predicted octanol–water partition coefficient (Wildman–Crippen LogP) is 3.46. The Morgan fingerprint density at radius 1 is 1.31 bits per heavy atom. The van der Waals surface area contributed by atoms with E-state index >= 15 is 0 Å². The van der Waals surface area contributed by atoms with Crippen molar-refractivity contribution >= 4 is 28.9 Å². The van der Waals surface area contributed by atoms with Gasteiger partial charge in [0.2, 0.25) is 11.7 Å². The van der Waals surface area contributed by atoms with Gasteiger partial charge >= 0.3 is 0 Å². The molecule has 1 unspecified atom stereocenters. The highest BCUT2D eigenvalue weighted by atomic mass is 35.5. The van der Waals surface area contributed by atoms with E-state index in [2.05, 4.69) is 25.8 Å². The van der Waals surface area contributed by atoms with Gasteiger partial charge in [-0.2, -0.15) is 4.98 Å². The number of halogens is 1. The van der Waals surface area contributed by atoms with Gasteiger partial charge in [0.05, 0.1) is 6.54 Å². The van der Waals surface area contributed by atoms with Crippen LogP contribution in [0.5, 0.6) is 0 Å². The molecule has 0 saturated carbocycles. The molecule has 1 atom stereocenters. The molecule has 0 amide bonds. The summed E-state index contributed by atoms with van der Waals surface area (Å²) in [6.07, 6.45) is 0.541. The number of aromatic nitrogens is 2. The first-order chi connectivity index (χ1) is 14.0. The van der Waals surface area contributed by atoms with Crippen LogP contribution in [0.25, 0.3) is 11.4 Å². The Bertz CT molecular complexity index is 940. The SMILES string of the molecule is CCNC(=NCC(C)(O)c1cccs1)NCCc1nc(-c2cccc(Cl)c2)no1. The van der Waals surface area contributed by atoms with Crippen molar-refractivity contribution < 1.29 is 9.63 Å². The molecule has 0 fully saturated rings. The molecule has 1 aromatic carbocycles. The summed E-state index contributed by atoms with van der Waals surface area (Å²) in [6, 6.07) is 11.2. The number of benzene rings is 1. The average Bonchev–Trinajstić information content (AvgIpc) is 3.39. The molecule has 0 aliphatic heterocycles. The highest BCUT2D eigenvalue weighted by Gasteiger charge is 2.24. The summed E-state index contributed by atoms with van der Waals surface area (Å²) in [7, 11) is 0. The van der Waals surface area contributed by atoms with Gasteiger partial charge in [0.15, 0.2) is 5.96 Å². The van der Waals surface area contributed by atoms with Crippen molar-refractivity contribution in [3.8, 4) is 11.4 Å². The van der Waals surface area contributed by atoms with E-state index in [1.165, 1.54) is 11.3 Å². The van der Waals surface area contributed by atoms with Crippen molar-refractivity contribution in [2.45, 2.75) is 25.9 Å². The normalized spacial score (nSPS) is 13.9. The molecule has 0 bridgehead atoms. The smallest absolute Gasteiger partial charge is 0.228 e. The topological polar surface area (TPSA) is 95.6 Å². The van der Waals surface area contributed by atoms with Crippen LogP contribution >= 0.6 is 22.9 Å². The van der Waals surface area contributed by atoms with Crippen molar-refractivity contribution in [2.24, 2.45) is 4.99 Å². The van der Waals surface area contributed by atoms with E-state index in [1.807, 2.05) is 36.6 Å². The number of hydrogen-bond donors (Lipinski definition) is 3. The first-order valence-electron chi connectivity index (χ1n) is 9.35. The number of aliphatic hydroxyl groups is 1. The monoisotopic (exact) mass is 433 g/mol. The summed E-state index contributed by atoms with van der Waals surface area (Å²) in [5.41, 5.74) is -0.194. The van der Waals surface area contributed by atoms with Crippen molar-refractivity contribution in [3.63, 3.8) is 0 Å². The van der Waals surface area contributed by atoms with Gasteiger partial charge < -0.3 is 20.3 Å². The molecule has 3 N–H and O–H groups in total. The lowest BCUT2D eigenvalue weighted by Gasteiger charge is -2.20. The largest absolute Gasteiger partial charge is 0.383 e. The average molecular weight is 434 g/mol. The molecular formula is C20H24ClN5O2S. The van der Waals surface area contributed by atoms with E-state index in [0.29, 0.717) is 42.2 Å². The molecular weight excluding hydrogens is 410 g/mol. The van der Waals surface area contributed by atoms with E-state index in [-0.39, 0.29) is 6.54 Å². The number of nitrogens with one attached hydrogen (secondary N) is 2. The molecule has 3 rings (SSSR count). The van der Waals surface area contributed by atoms with E-state index in [4.69, 9.17) is 16.1 Å². The second kappa shape index (κ2) is 9.87. The third-order valence-electron chi connectivity index (χ3n) is 4.12. The molecule has 0 aliphatic carbocycles. The van der Waals surface area contributed by atoms with Crippen LogP contribution in [0.2, 0.25) is 5.02 Å². The minimum atomic E-state index is -1.01. The lowest BCUT2D eigenvalue weighted by atomic mass is 10.1. The van der Waals surface area contributed by atoms with Crippen LogP contribution in [0.3, 0.4) is 0 Å². The van der Waals surface area contributed by atoms with Crippen molar-refractivity contribution in [1.82, 2.24) is 20.8 Å². The van der Waals surface area contributed by atoms with E-state index in [9.17, 15) is 5.11 Å². The number of nitrogens with zero attached hydrogens (tertiary/aromatic N) is 3. The Labute approximate surface area is 178 Å². The second-order valence-electron chi connectivity index (χ2n) is 6.65. The molecule has 29 heavy (non-hydrogen) atoms. The third-order valence-corrected chi connectivity index (χ3v) is 5.48. The maximum Gasteiger partial charge on any atom is 0.228 e. The summed E-state index contributed by atoms with van der Waals surface area (Å²) in [6.45, 7) is 5.28. The number of hydrogen-bond acceptors (Lipinski definition) is 6. The van der Waals surface area contributed by atoms with Gasteiger partial charge in [-0.15, -0.1) is 11.3 Å². The van der Waals surface area contributed by atoms with Gasteiger partial charge in [-0.25, -0.2) is 4.99 Å². The molecule has 7 nitrogen and oxygen atoms in total. The van der Waals surface area contributed by atoms with Crippen LogP contribution in [0.4, 0.5) is 0 Å². The highest BCUT2D eigenvalue weighted by molar-refractivity contribution is 7.10. The van der Waals surface area contributed by atoms with Crippen LogP contribution in [0.1, 0.15) is 24.6 Å². The molecule has 0 spiro atoms. The fraction of sp³-hybridized carbons (Fsp3) is 0.350. The zero-order valence-corrected chi connectivity index (χ0v) is 17.9. The first kappa shape index (κ1) is 21.3. The Morgan fingerprint density at radius 2 is 2.17 bits per heavy atom. The summed E-state index contributed by atoms with van der Waals surface area (Å²) in [4.78, 5) is 9.80. The molecule has 0 radical (unpaired) electrons. The van der Waals surface area contributed by atoms with E-state index in [0.717, 1.165) is 10.4 Å². The maximum atomic E-state index is 10.6. The van der Waals surface area contributed by atoms with E-state index in [1.54, 1.807) is 19.1 Å². The van der Waals surface area contributed by atoms with Crippen LogP contribution in [0.15, 0.2) is 51.3 Å².